The van der Waals surface area contributed by atoms with Crippen molar-refractivity contribution in [1.82, 2.24) is 10.2 Å². The Hall–Kier alpha value is -1.21. The van der Waals surface area contributed by atoms with E-state index >= 15 is 0 Å². The summed E-state index contributed by atoms with van der Waals surface area (Å²) in [6.45, 7) is 1.82. The molecule has 2 aromatic rings. The molecule has 15 heavy (non-hydrogen) atoms. The van der Waals surface area contributed by atoms with Gasteiger partial charge in [0.15, 0.2) is 4.67 Å². The molecule has 1 amide bonds. The number of nitrogens with one attached hydrogen (secondary N) is 1. The number of hydrogen-bond donors (Lipinski definition) is 1. The minimum Gasteiger partial charge on any atom is -0.457 e. The predicted molar refractivity (Wildman–Crippen MR) is 59.0 cm³/mol. The standard InChI is InChI=1S/C8H6BrN3O2S/c1-4-11-12-8(15-4)10-7(13)5-2-3-14-6(5)9/h2-3H,1H3,(H,10,12,13). The summed E-state index contributed by atoms with van der Waals surface area (Å²) < 4.78 is 5.36. The Morgan fingerprint density at radius 1 is 1.60 bits per heavy atom. The second kappa shape index (κ2) is 4.11. The van der Waals surface area contributed by atoms with Crippen molar-refractivity contribution in [2.45, 2.75) is 6.92 Å². The summed E-state index contributed by atoms with van der Waals surface area (Å²) >= 11 is 4.44. The van der Waals surface area contributed by atoms with Crippen LogP contribution >= 0.6 is 27.3 Å². The Morgan fingerprint density at radius 2 is 2.40 bits per heavy atom. The lowest BCUT2D eigenvalue weighted by Gasteiger charge is -1.97. The van der Waals surface area contributed by atoms with Crippen LogP contribution in [0.4, 0.5) is 5.13 Å². The van der Waals surface area contributed by atoms with Gasteiger partial charge in [0.1, 0.15) is 5.01 Å². The van der Waals surface area contributed by atoms with Crippen LogP contribution in [0.1, 0.15) is 15.4 Å². The van der Waals surface area contributed by atoms with Gasteiger partial charge >= 0.3 is 0 Å². The molecule has 2 heterocycles. The van der Waals surface area contributed by atoms with E-state index in [2.05, 4.69) is 31.4 Å². The van der Waals surface area contributed by atoms with Crippen molar-refractivity contribution in [2.24, 2.45) is 0 Å². The van der Waals surface area contributed by atoms with Gasteiger partial charge in [-0.3, -0.25) is 10.1 Å². The molecule has 0 spiro atoms. The smallest absolute Gasteiger partial charge is 0.261 e. The topological polar surface area (TPSA) is 68.0 Å². The van der Waals surface area contributed by atoms with Crippen molar-refractivity contribution >= 4 is 38.3 Å². The first-order valence-electron chi connectivity index (χ1n) is 4.01. The maximum absolute atomic E-state index is 11.6. The number of carbonyl (C=O) groups excluding carboxylic acids is 1. The number of rotatable bonds is 2. The van der Waals surface area contributed by atoms with Crippen LogP contribution in [-0.4, -0.2) is 16.1 Å². The quantitative estimate of drug-likeness (QED) is 0.921. The van der Waals surface area contributed by atoms with Crippen molar-refractivity contribution in [3.63, 3.8) is 0 Å². The highest BCUT2D eigenvalue weighted by molar-refractivity contribution is 9.10. The largest absolute Gasteiger partial charge is 0.457 e. The Balaban J connectivity index is 2.14. The molecule has 2 aromatic heterocycles. The van der Waals surface area contributed by atoms with E-state index < -0.39 is 0 Å². The molecule has 0 aromatic carbocycles. The number of nitrogens with zero attached hydrogens (tertiary/aromatic N) is 2. The van der Waals surface area contributed by atoms with Gasteiger partial charge in [-0.1, -0.05) is 11.3 Å². The summed E-state index contributed by atoms with van der Waals surface area (Å²) in [7, 11) is 0. The van der Waals surface area contributed by atoms with Gasteiger partial charge in [0.2, 0.25) is 5.13 Å². The van der Waals surface area contributed by atoms with Crippen LogP contribution in [0.5, 0.6) is 0 Å². The molecule has 0 fully saturated rings. The molecule has 7 heteroatoms. The third-order valence-corrected chi connectivity index (χ3v) is 2.98. The van der Waals surface area contributed by atoms with E-state index in [-0.39, 0.29) is 5.91 Å². The van der Waals surface area contributed by atoms with Gasteiger partial charge in [0, 0.05) is 0 Å². The van der Waals surface area contributed by atoms with Gasteiger partial charge in [0.05, 0.1) is 11.8 Å². The summed E-state index contributed by atoms with van der Waals surface area (Å²) in [6.07, 6.45) is 1.43. The van der Waals surface area contributed by atoms with Gasteiger partial charge < -0.3 is 4.42 Å². The van der Waals surface area contributed by atoms with Crippen LogP contribution in [-0.2, 0) is 0 Å². The lowest BCUT2D eigenvalue weighted by atomic mass is 10.3. The molecule has 0 aliphatic rings. The molecule has 0 unspecified atom stereocenters. The van der Waals surface area contributed by atoms with E-state index in [1.165, 1.54) is 17.6 Å². The van der Waals surface area contributed by atoms with Crippen LogP contribution in [0.3, 0.4) is 0 Å². The molecule has 2 rings (SSSR count). The number of aryl methyl sites for hydroxylation is 1. The Bertz CT molecular complexity index is 494. The normalized spacial score (nSPS) is 10.3. The van der Waals surface area contributed by atoms with E-state index in [1.54, 1.807) is 6.07 Å². The molecule has 78 valence electrons. The second-order valence-electron chi connectivity index (χ2n) is 2.69. The van der Waals surface area contributed by atoms with E-state index in [1.807, 2.05) is 6.92 Å². The maximum Gasteiger partial charge on any atom is 0.261 e. The van der Waals surface area contributed by atoms with Crippen LogP contribution in [0, 0.1) is 6.92 Å². The van der Waals surface area contributed by atoms with Gasteiger partial charge in [-0.05, 0) is 28.9 Å². The molecule has 5 nitrogen and oxygen atoms in total. The number of amides is 1. The van der Waals surface area contributed by atoms with E-state index in [4.69, 9.17) is 4.42 Å². The number of anilines is 1. The third-order valence-electron chi connectivity index (χ3n) is 1.61. The molecule has 0 saturated carbocycles. The summed E-state index contributed by atoms with van der Waals surface area (Å²) in [5.74, 6) is -0.272. The SMILES string of the molecule is Cc1nnc(NC(=O)c2ccoc2Br)s1. The van der Waals surface area contributed by atoms with E-state index in [9.17, 15) is 4.79 Å². The molecule has 0 saturated heterocycles. The first-order valence-corrected chi connectivity index (χ1v) is 5.62. The molecular formula is C8H6BrN3O2S. The third kappa shape index (κ3) is 2.24. The number of halogens is 1. The number of hydrogen-bond acceptors (Lipinski definition) is 5. The molecule has 0 aliphatic heterocycles. The van der Waals surface area contributed by atoms with Crippen molar-refractivity contribution < 1.29 is 9.21 Å². The molecule has 1 N–H and O–H groups in total. The van der Waals surface area contributed by atoms with Crippen molar-refractivity contribution in [1.29, 1.82) is 0 Å². The van der Waals surface area contributed by atoms with E-state index in [0.717, 1.165) is 5.01 Å². The Labute approximate surface area is 97.6 Å². The van der Waals surface area contributed by atoms with Crippen LogP contribution in [0.25, 0.3) is 0 Å². The van der Waals surface area contributed by atoms with Crippen LogP contribution < -0.4 is 5.32 Å². The molecule has 0 radical (unpaired) electrons. The van der Waals surface area contributed by atoms with Gasteiger partial charge in [-0.2, -0.15) is 0 Å². The summed E-state index contributed by atoms with van der Waals surface area (Å²) in [5.41, 5.74) is 0.433. The zero-order valence-electron chi connectivity index (χ0n) is 7.65. The number of carbonyl (C=O) groups is 1. The summed E-state index contributed by atoms with van der Waals surface area (Å²) in [4.78, 5) is 11.6. The van der Waals surface area contributed by atoms with Crippen LogP contribution in [0.2, 0.25) is 0 Å². The highest BCUT2D eigenvalue weighted by Gasteiger charge is 2.14. The number of aromatic nitrogens is 2. The van der Waals surface area contributed by atoms with Crippen molar-refractivity contribution in [3.8, 4) is 0 Å². The van der Waals surface area contributed by atoms with Crippen molar-refractivity contribution in [2.75, 3.05) is 5.32 Å². The lowest BCUT2D eigenvalue weighted by molar-refractivity contribution is 0.102. The highest BCUT2D eigenvalue weighted by Crippen LogP contribution is 2.20. The average molecular weight is 288 g/mol. The summed E-state index contributed by atoms with van der Waals surface area (Å²) in [6, 6.07) is 1.58. The van der Waals surface area contributed by atoms with Gasteiger partial charge in [-0.15, -0.1) is 10.2 Å². The average Bonchev–Trinajstić information content (AvgIpc) is 2.75. The monoisotopic (exact) mass is 287 g/mol. The fraction of sp³-hybridized carbons (Fsp3) is 0.125. The lowest BCUT2D eigenvalue weighted by Crippen LogP contribution is -2.11. The molecule has 0 bridgehead atoms. The Kier molecular flexibility index (Phi) is 2.83. The van der Waals surface area contributed by atoms with Crippen molar-refractivity contribution in [3.05, 3.63) is 27.6 Å². The maximum atomic E-state index is 11.6. The number of furan rings is 1. The Morgan fingerprint density at radius 3 is 2.93 bits per heavy atom. The molecule has 0 aliphatic carbocycles. The zero-order valence-corrected chi connectivity index (χ0v) is 10.1. The minimum absolute atomic E-state index is 0.272. The van der Waals surface area contributed by atoms with Gasteiger partial charge in [0.25, 0.3) is 5.91 Å². The first-order chi connectivity index (χ1) is 7.16. The molecular weight excluding hydrogens is 282 g/mol. The highest BCUT2D eigenvalue weighted by atomic mass is 79.9. The second-order valence-corrected chi connectivity index (χ2v) is 4.59. The first kappa shape index (κ1) is 10.3. The zero-order chi connectivity index (χ0) is 10.8. The van der Waals surface area contributed by atoms with Gasteiger partial charge in [-0.25, -0.2) is 0 Å². The van der Waals surface area contributed by atoms with E-state index in [0.29, 0.717) is 15.4 Å². The summed E-state index contributed by atoms with van der Waals surface area (Å²) in [5, 5.41) is 11.5. The molecule has 0 atom stereocenters. The fourth-order valence-corrected chi connectivity index (χ4v) is 1.97. The van der Waals surface area contributed by atoms with Crippen LogP contribution in [0.15, 0.2) is 21.4 Å². The fourth-order valence-electron chi connectivity index (χ4n) is 0.967. The predicted octanol–water partition coefficient (Wildman–Crippen LogP) is 2.45. The minimum atomic E-state index is -0.272.